The molecule has 0 radical (unpaired) electrons. The third-order valence-corrected chi connectivity index (χ3v) is 11.7. The lowest BCUT2D eigenvalue weighted by Gasteiger charge is -2.51. The smallest absolute Gasteiger partial charge is 0.191 e. The van der Waals surface area contributed by atoms with E-state index in [1.54, 1.807) is 7.11 Å². The van der Waals surface area contributed by atoms with Gasteiger partial charge in [-0.2, -0.15) is 0 Å². The Bertz CT molecular complexity index is 563. The van der Waals surface area contributed by atoms with Crippen molar-refractivity contribution in [3.05, 3.63) is 12.2 Å². The van der Waals surface area contributed by atoms with E-state index in [2.05, 4.69) is 66.8 Å². The average Bonchev–Trinajstić information content (AvgIpc) is 2.54. The van der Waals surface area contributed by atoms with Crippen LogP contribution in [-0.4, -0.2) is 40.7 Å². The lowest BCUT2D eigenvalue weighted by atomic mass is 9.55. The van der Waals surface area contributed by atoms with Crippen molar-refractivity contribution in [1.29, 1.82) is 0 Å². The van der Waals surface area contributed by atoms with Gasteiger partial charge in [0.2, 0.25) is 0 Å². The molecule has 2 bridgehead atoms. The van der Waals surface area contributed by atoms with Crippen LogP contribution in [0.15, 0.2) is 12.2 Å². The maximum absolute atomic E-state index is 12.9. The molecule has 0 N–H and O–H groups in total. The molecule has 1 fully saturated rings. The topological polar surface area (TPSA) is 44.8 Å². The summed E-state index contributed by atoms with van der Waals surface area (Å²) in [5.41, 5.74) is -0.429. The molecule has 27 heavy (non-hydrogen) atoms. The molecule has 5 heteroatoms. The van der Waals surface area contributed by atoms with Crippen molar-refractivity contribution >= 4 is 14.1 Å². The van der Waals surface area contributed by atoms with Crippen LogP contribution in [0.4, 0.5) is 0 Å². The lowest BCUT2D eigenvalue weighted by Crippen LogP contribution is -2.56. The van der Waals surface area contributed by atoms with Crippen LogP contribution >= 0.6 is 0 Å². The molecule has 0 amide bonds. The van der Waals surface area contributed by atoms with Crippen LogP contribution in [-0.2, 0) is 18.7 Å². The highest BCUT2D eigenvalue weighted by Gasteiger charge is 2.54. The van der Waals surface area contributed by atoms with Gasteiger partial charge in [0.15, 0.2) is 14.1 Å². The average molecular weight is 397 g/mol. The van der Waals surface area contributed by atoms with Gasteiger partial charge < -0.3 is 13.9 Å². The molecule has 0 saturated heterocycles. The Kier molecular flexibility index (Phi) is 6.83. The fourth-order valence-electron chi connectivity index (χ4n) is 4.26. The summed E-state index contributed by atoms with van der Waals surface area (Å²) >= 11 is 0. The normalized spacial score (nSPS) is 32.4. The first-order valence-corrected chi connectivity index (χ1v) is 13.2. The molecule has 1 saturated carbocycles. The fourth-order valence-corrected chi connectivity index (χ4v) is 5.31. The molecule has 3 aliphatic carbocycles. The first-order valence-electron chi connectivity index (χ1n) is 10.3. The molecular formula is C22H40O4Si. The molecule has 0 aliphatic heterocycles. The molecule has 5 atom stereocenters. The minimum Gasteiger partial charge on any atom is -0.417 e. The molecule has 3 rings (SSSR count). The van der Waals surface area contributed by atoms with Crippen LogP contribution < -0.4 is 0 Å². The van der Waals surface area contributed by atoms with Gasteiger partial charge in [-0.15, -0.1) is 0 Å². The molecule has 0 spiro atoms. The van der Waals surface area contributed by atoms with E-state index in [4.69, 9.17) is 13.9 Å². The minimum absolute atomic E-state index is 0.116. The fraction of sp³-hybridized carbons (Fsp3) is 0.864. The maximum atomic E-state index is 12.9. The van der Waals surface area contributed by atoms with Gasteiger partial charge in [0.1, 0.15) is 12.9 Å². The number of ketones is 1. The Morgan fingerprint density at radius 2 is 1.93 bits per heavy atom. The van der Waals surface area contributed by atoms with Gasteiger partial charge in [0.25, 0.3) is 0 Å². The van der Waals surface area contributed by atoms with E-state index >= 15 is 0 Å². The SMILES string of the molecule is COCO[C@H]1C(=O)[C@@]2(C)C=C[C@H]1[C@H]([C@H](CO[Si](C)(C)C(C)(C)C)C(C)C)C2. The molecule has 0 aromatic carbocycles. The molecule has 0 aromatic rings. The highest BCUT2D eigenvalue weighted by molar-refractivity contribution is 6.74. The summed E-state index contributed by atoms with van der Waals surface area (Å²) in [6.07, 6.45) is 4.82. The van der Waals surface area contributed by atoms with Gasteiger partial charge in [0.05, 0.1) is 0 Å². The summed E-state index contributed by atoms with van der Waals surface area (Å²) in [4.78, 5) is 12.9. The quantitative estimate of drug-likeness (QED) is 0.327. The third-order valence-electron chi connectivity index (χ3n) is 7.23. The van der Waals surface area contributed by atoms with Crippen LogP contribution in [0.3, 0.4) is 0 Å². The van der Waals surface area contributed by atoms with Crippen molar-refractivity contribution in [2.45, 2.75) is 72.2 Å². The van der Waals surface area contributed by atoms with E-state index in [0.29, 0.717) is 17.8 Å². The van der Waals surface area contributed by atoms with E-state index in [1.165, 1.54) is 0 Å². The standard InChI is InChI=1S/C22H40O4Si/c1-15(2)18(13-26-27(8,9)21(3,4)5)17-12-22(6)11-10-16(17)19(20(22)23)25-14-24-7/h10-11,15-19H,12-14H2,1-9H3/t16-,17+,18+,19+,22-/m0/s1. The number of fused-ring (bicyclic) bond motifs is 2. The summed E-state index contributed by atoms with van der Waals surface area (Å²) in [6, 6.07) is 0. The van der Waals surface area contributed by atoms with Crippen LogP contribution in [0, 0.1) is 29.1 Å². The van der Waals surface area contributed by atoms with E-state index in [1.807, 2.05) is 0 Å². The van der Waals surface area contributed by atoms with Gasteiger partial charge in [-0.1, -0.05) is 46.8 Å². The molecule has 3 aliphatic rings. The second kappa shape index (κ2) is 8.09. The molecule has 0 aromatic heterocycles. The predicted octanol–water partition coefficient (Wildman–Crippen LogP) is 5.05. The van der Waals surface area contributed by atoms with Crippen molar-refractivity contribution in [3.63, 3.8) is 0 Å². The number of allylic oxidation sites excluding steroid dienone is 1. The number of rotatable bonds is 8. The van der Waals surface area contributed by atoms with Gasteiger partial charge in [0, 0.05) is 25.0 Å². The second-order valence-corrected chi connectivity index (χ2v) is 15.4. The Morgan fingerprint density at radius 1 is 1.30 bits per heavy atom. The summed E-state index contributed by atoms with van der Waals surface area (Å²) < 4.78 is 17.6. The zero-order valence-corrected chi connectivity index (χ0v) is 19.8. The molecule has 156 valence electrons. The van der Waals surface area contributed by atoms with Gasteiger partial charge >= 0.3 is 0 Å². The zero-order chi connectivity index (χ0) is 20.6. The number of methoxy groups -OCH3 is 1. The van der Waals surface area contributed by atoms with Crippen molar-refractivity contribution in [3.8, 4) is 0 Å². The van der Waals surface area contributed by atoms with Crippen LogP contribution in [0.25, 0.3) is 0 Å². The number of hydrogen-bond donors (Lipinski definition) is 0. The number of carbonyl (C=O) groups excluding carboxylic acids is 1. The summed E-state index contributed by atoms with van der Waals surface area (Å²) in [5.74, 6) is 1.62. The molecular weight excluding hydrogens is 356 g/mol. The monoisotopic (exact) mass is 396 g/mol. The Morgan fingerprint density at radius 3 is 2.44 bits per heavy atom. The molecule has 0 heterocycles. The Hall–Kier alpha value is -0.493. The van der Waals surface area contributed by atoms with Crippen LogP contribution in [0.1, 0.15) is 48.0 Å². The Labute approximate surface area is 167 Å². The van der Waals surface area contributed by atoms with E-state index in [0.717, 1.165) is 13.0 Å². The molecule has 4 nitrogen and oxygen atoms in total. The third kappa shape index (κ3) is 4.57. The van der Waals surface area contributed by atoms with Crippen molar-refractivity contribution in [1.82, 2.24) is 0 Å². The van der Waals surface area contributed by atoms with Crippen molar-refractivity contribution < 1.29 is 18.7 Å². The van der Waals surface area contributed by atoms with E-state index in [-0.39, 0.29) is 23.5 Å². The Balaban J connectivity index is 2.22. The second-order valence-electron chi connectivity index (χ2n) is 10.6. The van der Waals surface area contributed by atoms with Crippen LogP contribution in [0.5, 0.6) is 0 Å². The van der Waals surface area contributed by atoms with E-state index < -0.39 is 19.8 Å². The highest BCUT2D eigenvalue weighted by atomic mass is 28.4. The summed E-state index contributed by atoms with van der Waals surface area (Å²) in [5, 5.41) is 0.200. The van der Waals surface area contributed by atoms with Gasteiger partial charge in [-0.25, -0.2) is 0 Å². The first kappa shape index (κ1) is 22.8. The van der Waals surface area contributed by atoms with E-state index in [9.17, 15) is 4.79 Å². The zero-order valence-electron chi connectivity index (χ0n) is 18.8. The largest absolute Gasteiger partial charge is 0.417 e. The maximum Gasteiger partial charge on any atom is 0.191 e. The first-order chi connectivity index (χ1) is 12.3. The minimum atomic E-state index is -1.80. The summed E-state index contributed by atoms with van der Waals surface area (Å²) in [6.45, 7) is 19.0. The lowest BCUT2D eigenvalue weighted by molar-refractivity contribution is -0.166. The van der Waals surface area contributed by atoms with Gasteiger partial charge in [-0.05, 0) is 49.2 Å². The van der Waals surface area contributed by atoms with Crippen molar-refractivity contribution in [2.75, 3.05) is 20.5 Å². The van der Waals surface area contributed by atoms with Gasteiger partial charge in [-0.3, -0.25) is 4.79 Å². The number of Topliss-reactive ketones (excluding diaryl/α,β-unsaturated/α-hetero) is 1. The van der Waals surface area contributed by atoms with Crippen LogP contribution in [0.2, 0.25) is 18.1 Å². The highest BCUT2D eigenvalue weighted by Crippen LogP contribution is 2.51. The number of carbonyl (C=O) groups is 1. The number of ether oxygens (including phenoxy) is 2. The van der Waals surface area contributed by atoms with Crippen molar-refractivity contribution in [2.24, 2.45) is 29.1 Å². The summed E-state index contributed by atoms with van der Waals surface area (Å²) in [7, 11) is -0.203. The number of hydrogen-bond acceptors (Lipinski definition) is 4. The predicted molar refractivity (Wildman–Crippen MR) is 112 cm³/mol. The molecule has 0 unspecified atom stereocenters.